The zero-order valence-electron chi connectivity index (χ0n) is 25.2. The van der Waals surface area contributed by atoms with E-state index in [0.717, 1.165) is 92.7 Å². The minimum Gasteiger partial charge on any atom is -0.490 e. The van der Waals surface area contributed by atoms with Crippen molar-refractivity contribution in [2.75, 3.05) is 64.0 Å². The first-order chi connectivity index (χ1) is 20.3. The van der Waals surface area contributed by atoms with Crippen molar-refractivity contribution in [3.05, 3.63) is 54.4 Å². The SMILES string of the molecule is C=N/C(=C\N1CCOc2cc(-c3ccc(OC4CCN(C(=O)OC(C)(C)C)CC4)cc3)ccc21)CCN1CCOCC1. The molecule has 0 aliphatic carbocycles. The summed E-state index contributed by atoms with van der Waals surface area (Å²) in [5.74, 6) is 1.70. The summed E-state index contributed by atoms with van der Waals surface area (Å²) < 4.78 is 23.3. The molecule has 3 heterocycles. The Morgan fingerprint density at radius 2 is 1.71 bits per heavy atom. The quantitative estimate of drug-likeness (QED) is 0.379. The number of hydrogen-bond donors (Lipinski definition) is 0. The zero-order chi connectivity index (χ0) is 29.5. The first-order valence-electron chi connectivity index (χ1n) is 15.0. The van der Waals surface area contributed by atoms with Crippen LogP contribution < -0.4 is 14.4 Å². The molecule has 3 aliphatic heterocycles. The summed E-state index contributed by atoms with van der Waals surface area (Å²) in [6.07, 6.45) is 4.36. The fourth-order valence-electron chi connectivity index (χ4n) is 5.42. The highest BCUT2D eigenvalue weighted by Crippen LogP contribution is 2.37. The van der Waals surface area contributed by atoms with Gasteiger partial charge in [-0.3, -0.25) is 9.89 Å². The standard InChI is InChI=1S/C33H44N4O5/c1-33(2,3)42-32(38)36-15-12-29(13-16-36)41-28-8-5-25(6-9-28)26-7-10-30-31(23-26)40-22-19-37(30)24-27(34-4)11-14-35-17-20-39-21-18-35/h5-10,23-24,29H,4,11-22H2,1-3H3/b27-24-. The molecular formula is C33H44N4O5. The molecule has 42 heavy (non-hydrogen) atoms. The number of likely N-dealkylation sites (tertiary alicyclic amines) is 1. The van der Waals surface area contributed by atoms with Gasteiger partial charge in [0.05, 0.1) is 31.1 Å². The third-order valence-electron chi connectivity index (χ3n) is 7.74. The summed E-state index contributed by atoms with van der Waals surface area (Å²) in [5, 5.41) is 0. The minimum atomic E-state index is -0.484. The summed E-state index contributed by atoms with van der Waals surface area (Å²) >= 11 is 0. The molecule has 0 spiro atoms. The van der Waals surface area contributed by atoms with E-state index >= 15 is 0 Å². The van der Waals surface area contributed by atoms with Gasteiger partial charge in [0.1, 0.15) is 29.8 Å². The Morgan fingerprint density at radius 3 is 2.40 bits per heavy atom. The number of hydrogen-bond acceptors (Lipinski definition) is 8. The Bertz CT molecular complexity index is 1240. The highest BCUT2D eigenvalue weighted by atomic mass is 16.6. The molecule has 1 amide bonds. The number of rotatable bonds is 8. The van der Waals surface area contributed by atoms with E-state index in [0.29, 0.717) is 19.7 Å². The van der Waals surface area contributed by atoms with Crippen molar-refractivity contribution >= 4 is 18.5 Å². The first kappa shape index (κ1) is 29.9. The lowest BCUT2D eigenvalue weighted by atomic mass is 10.0. The highest BCUT2D eigenvalue weighted by molar-refractivity contribution is 5.73. The Labute approximate surface area is 249 Å². The fraction of sp³-hybridized carbons (Fsp3) is 0.515. The topological polar surface area (TPSA) is 76.1 Å². The highest BCUT2D eigenvalue weighted by Gasteiger charge is 2.27. The maximum absolute atomic E-state index is 12.3. The number of carbonyl (C=O) groups excluding carboxylic acids is 1. The zero-order valence-corrected chi connectivity index (χ0v) is 25.2. The second-order valence-corrected chi connectivity index (χ2v) is 12.0. The van der Waals surface area contributed by atoms with Crippen LogP contribution in [-0.2, 0) is 9.47 Å². The number of amides is 1. The molecule has 2 saturated heterocycles. The Morgan fingerprint density at radius 1 is 1.00 bits per heavy atom. The fourth-order valence-corrected chi connectivity index (χ4v) is 5.42. The summed E-state index contributed by atoms with van der Waals surface area (Å²) in [7, 11) is 0. The van der Waals surface area contributed by atoms with E-state index in [4.69, 9.17) is 18.9 Å². The maximum Gasteiger partial charge on any atom is 0.410 e. The molecule has 9 nitrogen and oxygen atoms in total. The number of aliphatic imine (C=N–C) groups is 1. The molecule has 0 saturated carbocycles. The molecule has 0 N–H and O–H groups in total. The van der Waals surface area contributed by atoms with E-state index in [1.165, 1.54) is 0 Å². The van der Waals surface area contributed by atoms with E-state index in [9.17, 15) is 4.79 Å². The summed E-state index contributed by atoms with van der Waals surface area (Å²) in [5.41, 5.74) is 3.72. The van der Waals surface area contributed by atoms with E-state index < -0.39 is 5.60 Å². The number of benzene rings is 2. The van der Waals surface area contributed by atoms with Crippen LogP contribution in [0.4, 0.5) is 10.5 Å². The van der Waals surface area contributed by atoms with Crippen LogP contribution in [-0.4, -0.2) is 93.4 Å². The molecule has 0 atom stereocenters. The van der Waals surface area contributed by atoms with Gasteiger partial charge >= 0.3 is 6.09 Å². The normalized spacial score (nSPS) is 18.7. The molecule has 2 aromatic carbocycles. The van der Waals surface area contributed by atoms with Crippen LogP contribution in [0.5, 0.6) is 11.5 Å². The third kappa shape index (κ3) is 8.04. The lowest BCUT2D eigenvalue weighted by molar-refractivity contribution is 0.0126. The van der Waals surface area contributed by atoms with Crippen molar-refractivity contribution < 1.29 is 23.7 Å². The number of ether oxygens (including phenoxy) is 4. The third-order valence-corrected chi connectivity index (χ3v) is 7.74. The van der Waals surface area contributed by atoms with Crippen molar-refractivity contribution in [3.63, 3.8) is 0 Å². The van der Waals surface area contributed by atoms with Crippen molar-refractivity contribution in [1.29, 1.82) is 0 Å². The maximum atomic E-state index is 12.3. The van der Waals surface area contributed by atoms with Gasteiger partial charge in [0, 0.05) is 58.2 Å². The van der Waals surface area contributed by atoms with Crippen LogP contribution in [0, 0.1) is 0 Å². The number of anilines is 1. The van der Waals surface area contributed by atoms with E-state index in [1.807, 2.05) is 32.9 Å². The van der Waals surface area contributed by atoms with Crippen LogP contribution in [0.2, 0.25) is 0 Å². The van der Waals surface area contributed by atoms with E-state index in [2.05, 4.69) is 58.0 Å². The molecule has 0 aromatic heterocycles. The minimum absolute atomic E-state index is 0.0783. The molecule has 3 aliphatic rings. The van der Waals surface area contributed by atoms with Crippen LogP contribution in [0.25, 0.3) is 11.1 Å². The second kappa shape index (κ2) is 13.6. The van der Waals surface area contributed by atoms with Crippen LogP contribution >= 0.6 is 0 Å². The Hall–Kier alpha value is -3.56. The Kier molecular flexibility index (Phi) is 9.69. The number of piperidine rings is 1. The van der Waals surface area contributed by atoms with Gasteiger partial charge in [-0.05, 0) is 62.9 Å². The van der Waals surface area contributed by atoms with Crippen LogP contribution in [0.3, 0.4) is 0 Å². The molecule has 9 heteroatoms. The number of nitrogens with zero attached hydrogens (tertiary/aromatic N) is 4. The van der Waals surface area contributed by atoms with Gasteiger partial charge in [-0.1, -0.05) is 18.2 Å². The van der Waals surface area contributed by atoms with E-state index in [1.54, 1.807) is 4.90 Å². The predicted octanol–water partition coefficient (Wildman–Crippen LogP) is 5.60. The molecule has 2 fully saturated rings. The molecule has 226 valence electrons. The summed E-state index contributed by atoms with van der Waals surface area (Å²) in [4.78, 5) is 23.0. The van der Waals surface area contributed by atoms with Crippen molar-refractivity contribution in [3.8, 4) is 22.6 Å². The molecule has 2 aromatic rings. The summed E-state index contributed by atoms with van der Waals surface area (Å²) in [6, 6.07) is 14.5. The van der Waals surface area contributed by atoms with Crippen molar-refractivity contribution in [2.24, 2.45) is 4.99 Å². The van der Waals surface area contributed by atoms with Gasteiger partial charge in [-0.15, -0.1) is 0 Å². The summed E-state index contributed by atoms with van der Waals surface area (Å²) in [6.45, 7) is 16.6. The average Bonchev–Trinajstić information content (AvgIpc) is 2.99. The lowest BCUT2D eigenvalue weighted by Crippen LogP contribution is -2.44. The largest absolute Gasteiger partial charge is 0.490 e. The van der Waals surface area contributed by atoms with Crippen molar-refractivity contribution in [1.82, 2.24) is 9.80 Å². The van der Waals surface area contributed by atoms with Gasteiger partial charge in [-0.25, -0.2) is 4.79 Å². The van der Waals surface area contributed by atoms with Gasteiger partial charge < -0.3 is 28.7 Å². The smallest absolute Gasteiger partial charge is 0.410 e. The second-order valence-electron chi connectivity index (χ2n) is 12.0. The Balaban J connectivity index is 1.17. The molecular weight excluding hydrogens is 532 g/mol. The van der Waals surface area contributed by atoms with Crippen molar-refractivity contribution in [2.45, 2.75) is 51.7 Å². The molecule has 0 unspecified atom stereocenters. The monoisotopic (exact) mass is 576 g/mol. The van der Waals surface area contributed by atoms with Crippen LogP contribution in [0.15, 0.2) is 59.4 Å². The lowest BCUT2D eigenvalue weighted by Gasteiger charge is -2.33. The van der Waals surface area contributed by atoms with E-state index in [-0.39, 0.29) is 12.2 Å². The van der Waals surface area contributed by atoms with Gasteiger partial charge in [-0.2, -0.15) is 0 Å². The first-order valence-corrected chi connectivity index (χ1v) is 15.0. The van der Waals surface area contributed by atoms with Gasteiger partial charge in [0.25, 0.3) is 0 Å². The number of morpholine rings is 1. The predicted molar refractivity (Wildman–Crippen MR) is 166 cm³/mol. The van der Waals surface area contributed by atoms with Crippen LogP contribution in [0.1, 0.15) is 40.0 Å². The number of fused-ring (bicyclic) bond motifs is 1. The van der Waals surface area contributed by atoms with Gasteiger partial charge in [0.2, 0.25) is 0 Å². The average molecular weight is 577 g/mol. The number of carbonyl (C=O) groups is 1. The molecule has 0 radical (unpaired) electrons. The van der Waals surface area contributed by atoms with Gasteiger partial charge in [0.15, 0.2) is 0 Å². The molecule has 5 rings (SSSR count). The molecule has 0 bridgehead atoms.